The van der Waals surface area contributed by atoms with E-state index in [0.29, 0.717) is 52.8 Å². The molecule has 1 unspecified atom stereocenters. The molecule has 0 radical (unpaired) electrons. The minimum absolute atomic E-state index is 0.00327. The van der Waals surface area contributed by atoms with Gasteiger partial charge in [0.05, 0.1) is 22.8 Å². The predicted octanol–water partition coefficient (Wildman–Crippen LogP) is 3.36. The van der Waals surface area contributed by atoms with Gasteiger partial charge in [-0.2, -0.15) is 0 Å². The number of amides is 1. The van der Waals surface area contributed by atoms with Crippen molar-refractivity contribution in [1.29, 1.82) is 0 Å². The second-order valence-electron chi connectivity index (χ2n) is 8.52. The topological polar surface area (TPSA) is 97.0 Å². The summed E-state index contributed by atoms with van der Waals surface area (Å²) in [5.74, 6) is 1.17. The number of carbonyl (C=O) groups excluding carboxylic acids is 1. The van der Waals surface area contributed by atoms with Crippen molar-refractivity contribution in [2.75, 3.05) is 18.4 Å². The zero-order chi connectivity index (χ0) is 21.0. The normalized spacial score (nSPS) is 20.0. The van der Waals surface area contributed by atoms with Crippen molar-refractivity contribution in [3.8, 4) is 0 Å². The average molecular weight is 410 g/mol. The van der Waals surface area contributed by atoms with Gasteiger partial charge in [0.15, 0.2) is 5.82 Å². The van der Waals surface area contributed by atoms with Crippen molar-refractivity contribution in [2.45, 2.75) is 51.5 Å². The number of rotatable bonds is 4. The lowest BCUT2D eigenvalue weighted by molar-refractivity contribution is 0.0790. The van der Waals surface area contributed by atoms with Crippen LogP contribution in [0.1, 0.15) is 59.7 Å². The SMILES string of the molecule is Cc1nc(C2CCN(C(=O)c3c(C)oc4ncnc(NC5(C)CC5)c34)C2)ncc1F. The van der Waals surface area contributed by atoms with E-state index in [4.69, 9.17) is 4.42 Å². The minimum Gasteiger partial charge on any atom is -0.442 e. The van der Waals surface area contributed by atoms with Crippen molar-refractivity contribution in [3.63, 3.8) is 0 Å². The summed E-state index contributed by atoms with van der Waals surface area (Å²) in [6.07, 6.45) is 5.50. The van der Waals surface area contributed by atoms with Gasteiger partial charge in [-0.15, -0.1) is 0 Å². The fraction of sp³-hybridized carbons (Fsp3) is 0.476. The maximum absolute atomic E-state index is 13.5. The van der Waals surface area contributed by atoms with Crippen LogP contribution in [0.25, 0.3) is 11.1 Å². The van der Waals surface area contributed by atoms with Crippen LogP contribution in [0.4, 0.5) is 10.2 Å². The zero-order valence-corrected chi connectivity index (χ0v) is 17.2. The van der Waals surface area contributed by atoms with Crippen LogP contribution in [-0.2, 0) is 0 Å². The summed E-state index contributed by atoms with van der Waals surface area (Å²) in [7, 11) is 0. The first kappa shape index (κ1) is 18.9. The lowest BCUT2D eigenvalue weighted by Crippen LogP contribution is -2.29. The molecule has 1 saturated heterocycles. The molecular weight excluding hydrogens is 387 g/mol. The fourth-order valence-corrected chi connectivity index (χ4v) is 3.98. The van der Waals surface area contributed by atoms with Crippen molar-refractivity contribution < 1.29 is 13.6 Å². The Balaban J connectivity index is 1.45. The van der Waals surface area contributed by atoms with Crippen molar-refractivity contribution in [3.05, 3.63) is 41.2 Å². The number of hydrogen-bond donors (Lipinski definition) is 1. The van der Waals surface area contributed by atoms with Crippen LogP contribution in [0.5, 0.6) is 0 Å². The first-order valence-electron chi connectivity index (χ1n) is 10.2. The standard InChI is InChI=1S/C21H23FN6O2/c1-11-14(22)8-23-17(26-11)13-4-7-28(9-13)20(29)15-12(2)30-19-16(15)18(24-10-25-19)27-21(3)5-6-21/h8,10,13H,4-7,9H2,1-3H3,(H,24,25,27). The molecule has 2 aliphatic rings. The molecule has 1 amide bonds. The monoisotopic (exact) mass is 410 g/mol. The highest BCUT2D eigenvalue weighted by Crippen LogP contribution is 2.40. The summed E-state index contributed by atoms with van der Waals surface area (Å²) in [5, 5.41) is 4.07. The Morgan fingerprint density at radius 1 is 1.30 bits per heavy atom. The van der Waals surface area contributed by atoms with E-state index in [1.54, 1.807) is 18.7 Å². The van der Waals surface area contributed by atoms with Crippen LogP contribution in [0.2, 0.25) is 0 Å². The number of nitrogens with one attached hydrogen (secondary N) is 1. The van der Waals surface area contributed by atoms with Gasteiger partial charge in [-0.05, 0) is 40.0 Å². The van der Waals surface area contributed by atoms with Gasteiger partial charge in [0.2, 0.25) is 5.71 Å². The Bertz CT molecular complexity index is 1160. The molecule has 2 fully saturated rings. The van der Waals surface area contributed by atoms with Gasteiger partial charge >= 0.3 is 0 Å². The summed E-state index contributed by atoms with van der Waals surface area (Å²) in [6.45, 7) is 6.57. The number of carbonyl (C=O) groups is 1. The lowest BCUT2D eigenvalue weighted by atomic mass is 10.1. The van der Waals surface area contributed by atoms with E-state index in [1.807, 2.05) is 0 Å². The number of aromatic nitrogens is 4. The number of furan rings is 1. The summed E-state index contributed by atoms with van der Waals surface area (Å²) < 4.78 is 19.3. The van der Waals surface area contributed by atoms with E-state index in [1.165, 1.54) is 12.5 Å². The molecule has 0 spiro atoms. The Hall–Kier alpha value is -3.10. The Morgan fingerprint density at radius 3 is 2.83 bits per heavy atom. The molecule has 30 heavy (non-hydrogen) atoms. The minimum atomic E-state index is -0.422. The molecule has 1 atom stereocenters. The number of aryl methyl sites for hydroxylation is 2. The molecule has 8 nitrogen and oxygen atoms in total. The average Bonchev–Trinajstić information content (AvgIpc) is 3.13. The van der Waals surface area contributed by atoms with Crippen LogP contribution in [0.3, 0.4) is 0 Å². The molecule has 156 valence electrons. The third-order valence-corrected chi connectivity index (χ3v) is 6.08. The fourth-order valence-electron chi connectivity index (χ4n) is 3.98. The molecule has 1 saturated carbocycles. The van der Waals surface area contributed by atoms with Gasteiger partial charge < -0.3 is 14.6 Å². The molecule has 1 aliphatic carbocycles. The number of hydrogen-bond acceptors (Lipinski definition) is 7. The zero-order valence-electron chi connectivity index (χ0n) is 17.2. The summed E-state index contributed by atoms with van der Waals surface area (Å²) in [5.41, 5.74) is 1.23. The van der Waals surface area contributed by atoms with Gasteiger partial charge in [-0.1, -0.05) is 0 Å². The summed E-state index contributed by atoms with van der Waals surface area (Å²) in [6, 6.07) is 0. The van der Waals surface area contributed by atoms with E-state index in [-0.39, 0.29) is 17.4 Å². The smallest absolute Gasteiger partial charge is 0.258 e. The van der Waals surface area contributed by atoms with Crippen molar-refractivity contribution >= 4 is 22.8 Å². The highest BCUT2D eigenvalue weighted by atomic mass is 19.1. The van der Waals surface area contributed by atoms with Gasteiger partial charge in [-0.3, -0.25) is 4.79 Å². The first-order valence-corrected chi connectivity index (χ1v) is 10.2. The molecule has 4 heterocycles. The number of likely N-dealkylation sites (tertiary alicyclic amines) is 1. The maximum atomic E-state index is 13.5. The third-order valence-electron chi connectivity index (χ3n) is 6.08. The molecule has 1 N–H and O–H groups in total. The molecule has 9 heteroatoms. The molecule has 1 aliphatic heterocycles. The maximum Gasteiger partial charge on any atom is 0.258 e. The van der Waals surface area contributed by atoms with Gasteiger partial charge in [0, 0.05) is 24.5 Å². The molecule has 3 aromatic rings. The quantitative estimate of drug-likeness (QED) is 0.704. The number of nitrogens with zero attached hydrogens (tertiary/aromatic N) is 5. The first-order chi connectivity index (χ1) is 14.3. The van der Waals surface area contributed by atoms with Crippen LogP contribution in [0, 0.1) is 19.7 Å². The largest absolute Gasteiger partial charge is 0.442 e. The van der Waals surface area contributed by atoms with E-state index in [2.05, 4.69) is 32.2 Å². The second-order valence-corrected chi connectivity index (χ2v) is 8.52. The van der Waals surface area contributed by atoms with Crippen LogP contribution < -0.4 is 5.32 Å². The predicted molar refractivity (Wildman–Crippen MR) is 108 cm³/mol. The van der Waals surface area contributed by atoms with Gasteiger partial charge in [0.25, 0.3) is 5.91 Å². The Morgan fingerprint density at radius 2 is 2.10 bits per heavy atom. The van der Waals surface area contributed by atoms with Gasteiger partial charge in [-0.25, -0.2) is 24.3 Å². The van der Waals surface area contributed by atoms with E-state index in [0.717, 1.165) is 19.3 Å². The molecular formula is C21H23FN6O2. The highest BCUT2D eigenvalue weighted by Gasteiger charge is 2.39. The van der Waals surface area contributed by atoms with Crippen molar-refractivity contribution in [1.82, 2.24) is 24.8 Å². The Labute approximate surface area is 172 Å². The molecule has 3 aromatic heterocycles. The molecule has 5 rings (SSSR count). The van der Waals surface area contributed by atoms with E-state index >= 15 is 0 Å². The summed E-state index contributed by atoms with van der Waals surface area (Å²) in [4.78, 5) is 32.2. The molecule has 0 aromatic carbocycles. The lowest BCUT2D eigenvalue weighted by Gasteiger charge is -2.17. The van der Waals surface area contributed by atoms with E-state index < -0.39 is 5.82 Å². The second kappa shape index (κ2) is 6.72. The summed E-state index contributed by atoms with van der Waals surface area (Å²) >= 11 is 0. The van der Waals surface area contributed by atoms with Crippen LogP contribution >= 0.6 is 0 Å². The van der Waals surface area contributed by atoms with Crippen molar-refractivity contribution in [2.24, 2.45) is 0 Å². The molecule has 0 bridgehead atoms. The number of fused-ring (bicyclic) bond motifs is 1. The van der Waals surface area contributed by atoms with E-state index in [9.17, 15) is 9.18 Å². The van der Waals surface area contributed by atoms with Crippen LogP contribution in [-0.4, -0.2) is 49.4 Å². The van der Waals surface area contributed by atoms with Gasteiger partial charge in [0.1, 0.15) is 23.7 Å². The Kier molecular flexibility index (Phi) is 4.23. The highest BCUT2D eigenvalue weighted by molar-refractivity contribution is 6.10. The number of halogens is 1. The third kappa shape index (κ3) is 3.18. The number of anilines is 1. The van der Waals surface area contributed by atoms with Crippen LogP contribution in [0.15, 0.2) is 16.9 Å².